The molecule has 2 aromatic rings. The van der Waals surface area contributed by atoms with E-state index in [9.17, 15) is 9.59 Å². The smallest absolute Gasteiger partial charge is 0.332 e. The van der Waals surface area contributed by atoms with Gasteiger partial charge < -0.3 is 10.7 Å². The Labute approximate surface area is 90.5 Å². The molecular weight excluding hydrogens is 210 g/mol. The first kappa shape index (κ1) is 10.6. The summed E-state index contributed by atoms with van der Waals surface area (Å²) in [5.74, 6) is 0.500. The first-order chi connectivity index (χ1) is 7.60. The molecule has 7 nitrogen and oxygen atoms in total. The van der Waals surface area contributed by atoms with Gasteiger partial charge in [0.25, 0.3) is 5.56 Å². The second kappa shape index (κ2) is 3.60. The Kier molecular flexibility index (Phi) is 2.39. The van der Waals surface area contributed by atoms with Crippen LogP contribution in [0.5, 0.6) is 0 Å². The lowest BCUT2D eigenvalue weighted by Crippen LogP contribution is -2.37. The van der Waals surface area contributed by atoms with Crippen molar-refractivity contribution >= 4 is 11.2 Å². The molecule has 2 rings (SSSR count). The van der Waals surface area contributed by atoms with Crippen molar-refractivity contribution < 1.29 is 0 Å². The summed E-state index contributed by atoms with van der Waals surface area (Å²) in [6, 6.07) is 0. The van der Waals surface area contributed by atoms with Gasteiger partial charge in [0, 0.05) is 13.6 Å². The molecule has 0 aliphatic carbocycles. The van der Waals surface area contributed by atoms with E-state index in [4.69, 9.17) is 5.73 Å². The van der Waals surface area contributed by atoms with Crippen molar-refractivity contribution in [2.75, 3.05) is 0 Å². The molecule has 7 heteroatoms. The Morgan fingerprint density at radius 3 is 2.69 bits per heavy atom. The summed E-state index contributed by atoms with van der Waals surface area (Å²) in [4.78, 5) is 30.5. The van der Waals surface area contributed by atoms with E-state index in [1.807, 2.05) is 6.92 Å². The largest absolute Gasteiger partial charge is 0.335 e. The fraction of sp³-hybridized carbons (Fsp3) is 0.444. The maximum Gasteiger partial charge on any atom is 0.332 e. The van der Waals surface area contributed by atoms with Crippen LogP contribution in [0.25, 0.3) is 11.2 Å². The molecule has 0 atom stereocenters. The van der Waals surface area contributed by atoms with Gasteiger partial charge in [-0.1, -0.05) is 0 Å². The number of fused-ring (bicyclic) bond motifs is 1. The first-order valence-electron chi connectivity index (χ1n) is 4.98. The summed E-state index contributed by atoms with van der Waals surface area (Å²) < 4.78 is 2.50. The van der Waals surface area contributed by atoms with Crippen LogP contribution in [0.3, 0.4) is 0 Å². The van der Waals surface area contributed by atoms with Gasteiger partial charge >= 0.3 is 5.69 Å². The molecule has 0 aliphatic heterocycles. The lowest BCUT2D eigenvalue weighted by molar-refractivity contribution is 0.652. The summed E-state index contributed by atoms with van der Waals surface area (Å²) in [7, 11) is 1.44. The summed E-state index contributed by atoms with van der Waals surface area (Å²) in [5.41, 5.74) is 5.39. The topological polar surface area (TPSA) is 98.7 Å². The molecular formula is C9H13N5O2. The fourth-order valence-corrected chi connectivity index (χ4v) is 1.66. The fourth-order valence-electron chi connectivity index (χ4n) is 1.66. The Morgan fingerprint density at radius 1 is 1.44 bits per heavy atom. The van der Waals surface area contributed by atoms with Gasteiger partial charge in [-0.15, -0.1) is 0 Å². The van der Waals surface area contributed by atoms with E-state index in [1.54, 1.807) is 0 Å². The van der Waals surface area contributed by atoms with Crippen molar-refractivity contribution in [3.05, 3.63) is 26.7 Å². The van der Waals surface area contributed by atoms with Crippen molar-refractivity contribution in [1.29, 1.82) is 0 Å². The molecule has 2 heterocycles. The van der Waals surface area contributed by atoms with E-state index < -0.39 is 0 Å². The van der Waals surface area contributed by atoms with Gasteiger partial charge in [0.2, 0.25) is 0 Å². The highest BCUT2D eigenvalue weighted by molar-refractivity contribution is 5.69. The Morgan fingerprint density at radius 2 is 2.12 bits per heavy atom. The third kappa shape index (κ3) is 1.28. The van der Waals surface area contributed by atoms with Crippen LogP contribution in [0.4, 0.5) is 0 Å². The predicted molar refractivity (Wildman–Crippen MR) is 59.2 cm³/mol. The van der Waals surface area contributed by atoms with E-state index in [1.165, 1.54) is 11.6 Å². The number of H-pyrrole nitrogens is 1. The van der Waals surface area contributed by atoms with Gasteiger partial charge in [0.1, 0.15) is 11.3 Å². The Hall–Kier alpha value is -1.89. The molecule has 2 aromatic heterocycles. The second-order valence-corrected chi connectivity index (χ2v) is 3.48. The van der Waals surface area contributed by atoms with Crippen LogP contribution in [0, 0.1) is 0 Å². The molecule has 3 N–H and O–H groups in total. The van der Waals surface area contributed by atoms with E-state index >= 15 is 0 Å². The van der Waals surface area contributed by atoms with Crippen LogP contribution in [0.1, 0.15) is 12.7 Å². The summed E-state index contributed by atoms with van der Waals surface area (Å²) >= 11 is 0. The number of aromatic amines is 1. The summed E-state index contributed by atoms with van der Waals surface area (Å²) in [6.45, 7) is 2.48. The van der Waals surface area contributed by atoms with E-state index in [0.29, 0.717) is 23.5 Å². The highest BCUT2D eigenvalue weighted by Crippen LogP contribution is 2.04. The number of aryl methyl sites for hydroxylation is 1. The van der Waals surface area contributed by atoms with Gasteiger partial charge in [-0.2, -0.15) is 0 Å². The molecule has 0 radical (unpaired) electrons. The number of aromatic nitrogens is 4. The minimum Gasteiger partial charge on any atom is -0.335 e. The van der Waals surface area contributed by atoms with E-state index in [-0.39, 0.29) is 17.8 Å². The van der Waals surface area contributed by atoms with Crippen LogP contribution in [-0.2, 0) is 20.1 Å². The zero-order valence-electron chi connectivity index (χ0n) is 9.15. The van der Waals surface area contributed by atoms with Crippen molar-refractivity contribution in [3.8, 4) is 0 Å². The molecule has 16 heavy (non-hydrogen) atoms. The number of imidazole rings is 1. The van der Waals surface area contributed by atoms with Crippen LogP contribution >= 0.6 is 0 Å². The average molecular weight is 223 g/mol. The van der Waals surface area contributed by atoms with Crippen LogP contribution in [0.2, 0.25) is 0 Å². The van der Waals surface area contributed by atoms with Crippen molar-refractivity contribution in [3.63, 3.8) is 0 Å². The third-order valence-corrected chi connectivity index (χ3v) is 2.54. The zero-order chi connectivity index (χ0) is 11.9. The minimum atomic E-state index is -0.378. The summed E-state index contributed by atoms with van der Waals surface area (Å²) in [5, 5.41) is 0. The molecule has 0 aromatic carbocycles. The third-order valence-electron chi connectivity index (χ3n) is 2.54. The molecule has 0 aliphatic rings. The number of nitrogens with zero attached hydrogens (tertiary/aromatic N) is 3. The van der Waals surface area contributed by atoms with E-state index in [2.05, 4.69) is 9.97 Å². The van der Waals surface area contributed by atoms with E-state index in [0.717, 1.165) is 4.57 Å². The highest BCUT2D eigenvalue weighted by Gasteiger charge is 2.13. The molecule has 86 valence electrons. The molecule has 0 unspecified atom stereocenters. The lowest BCUT2D eigenvalue weighted by atomic mass is 10.5. The van der Waals surface area contributed by atoms with Gasteiger partial charge in [-0.3, -0.25) is 13.9 Å². The van der Waals surface area contributed by atoms with Crippen LogP contribution in [0.15, 0.2) is 9.59 Å². The standard InChI is InChI=1S/C9H13N5O2/c1-3-14-7-6(11-5(4-10)12-7)8(15)13(2)9(14)16/h3-4,10H2,1-2H3,(H,11,12). The lowest BCUT2D eigenvalue weighted by Gasteiger charge is -2.04. The van der Waals surface area contributed by atoms with Gasteiger partial charge in [-0.25, -0.2) is 9.78 Å². The van der Waals surface area contributed by atoms with Gasteiger partial charge in [0.15, 0.2) is 5.65 Å². The van der Waals surface area contributed by atoms with Crippen molar-refractivity contribution in [1.82, 2.24) is 19.1 Å². The number of nitrogens with one attached hydrogen (secondary N) is 1. The number of rotatable bonds is 2. The molecule has 0 saturated carbocycles. The zero-order valence-corrected chi connectivity index (χ0v) is 9.15. The van der Waals surface area contributed by atoms with Gasteiger partial charge in [0.05, 0.1) is 6.54 Å². The van der Waals surface area contributed by atoms with Crippen molar-refractivity contribution in [2.24, 2.45) is 12.8 Å². The van der Waals surface area contributed by atoms with Crippen LogP contribution in [-0.4, -0.2) is 19.1 Å². The average Bonchev–Trinajstić information content (AvgIpc) is 2.71. The first-order valence-corrected chi connectivity index (χ1v) is 4.98. The second-order valence-electron chi connectivity index (χ2n) is 3.48. The highest BCUT2D eigenvalue weighted by atomic mass is 16.2. The minimum absolute atomic E-state index is 0.204. The monoisotopic (exact) mass is 223 g/mol. The quantitative estimate of drug-likeness (QED) is 0.675. The van der Waals surface area contributed by atoms with Crippen LogP contribution < -0.4 is 17.0 Å². The maximum absolute atomic E-state index is 11.8. The molecule has 0 saturated heterocycles. The molecule has 0 spiro atoms. The summed E-state index contributed by atoms with van der Waals surface area (Å²) in [6.07, 6.45) is 0. The molecule has 0 bridgehead atoms. The Bertz CT molecular complexity index is 648. The molecule has 0 amide bonds. The normalized spacial score (nSPS) is 11.2. The Balaban J connectivity index is 3.01. The van der Waals surface area contributed by atoms with Crippen molar-refractivity contribution in [2.45, 2.75) is 20.0 Å². The number of nitrogens with two attached hydrogens (primary N) is 1. The predicted octanol–water partition coefficient (Wildman–Crippen LogP) is -1.10. The molecule has 0 fully saturated rings. The maximum atomic E-state index is 11.8. The van der Waals surface area contributed by atoms with Gasteiger partial charge in [-0.05, 0) is 6.92 Å². The number of hydrogen-bond donors (Lipinski definition) is 2. The SMILES string of the molecule is CCn1c(=O)n(C)c(=O)c2[nH]c(CN)nc21. The number of hydrogen-bond acceptors (Lipinski definition) is 4.